The smallest absolute Gasteiger partial charge is 0.341 e. The number of hydrogen-bond donors (Lipinski definition) is 2. The Kier molecular flexibility index (Phi) is 6.64. The van der Waals surface area contributed by atoms with E-state index in [2.05, 4.69) is 10.6 Å². The van der Waals surface area contributed by atoms with Crippen LogP contribution in [0.25, 0.3) is 0 Å². The van der Waals surface area contributed by atoms with Crippen molar-refractivity contribution >= 4 is 45.5 Å². The van der Waals surface area contributed by atoms with Gasteiger partial charge in [0.15, 0.2) is 0 Å². The molecular formula is C22H19N3O6S. The number of ether oxygens (including phenoxy) is 1. The number of carbonyl (C=O) groups is 3. The number of methoxy groups -OCH3 is 1. The number of rotatable bonds is 6. The fourth-order valence-electron chi connectivity index (χ4n) is 2.93. The number of aryl methyl sites for hydroxylation is 1. The van der Waals surface area contributed by atoms with Gasteiger partial charge >= 0.3 is 5.97 Å². The molecule has 0 spiro atoms. The Morgan fingerprint density at radius 2 is 1.69 bits per heavy atom. The highest BCUT2D eigenvalue weighted by molar-refractivity contribution is 7.19. The zero-order valence-corrected chi connectivity index (χ0v) is 18.2. The standard InChI is InChI=1S/C22H19N3O6S/c1-12-7-9-15(10-8-12)23-20(27)18-13(2)17(22(28)31-3)21(32-18)24-19(26)14-5-4-6-16(11-14)25(29)30/h4-11H,1-3H3,(H,23,27)(H,24,26). The Morgan fingerprint density at radius 1 is 1.00 bits per heavy atom. The van der Waals surface area contributed by atoms with E-state index in [4.69, 9.17) is 4.74 Å². The fraction of sp³-hybridized carbons (Fsp3) is 0.136. The van der Waals surface area contributed by atoms with Crippen molar-refractivity contribution in [3.8, 4) is 0 Å². The van der Waals surface area contributed by atoms with E-state index >= 15 is 0 Å². The van der Waals surface area contributed by atoms with E-state index < -0.39 is 22.7 Å². The van der Waals surface area contributed by atoms with Crippen LogP contribution in [0.15, 0.2) is 48.5 Å². The molecule has 1 heterocycles. The number of carbonyl (C=O) groups excluding carboxylic acids is 3. The molecule has 0 radical (unpaired) electrons. The zero-order valence-electron chi connectivity index (χ0n) is 17.4. The van der Waals surface area contributed by atoms with Gasteiger partial charge in [-0.1, -0.05) is 23.8 Å². The predicted octanol–water partition coefficient (Wildman–Crippen LogP) is 4.56. The maximum Gasteiger partial charge on any atom is 0.341 e. The van der Waals surface area contributed by atoms with Crippen molar-refractivity contribution in [3.63, 3.8) is 0 Å². The summed E-state index contributed by atoms with van der Waals surface area (Å²) < 4.78 is 4.82. The molecule has 0 saturated carbocycles. The Labute approximate surface area is 187 Å². The molecule has 0 atom stereocenters. The summed E-state index contributed by atoms with van der Waals surface area (Å²) in [5.74, 6) is -1.83. The molecule has 1 aromatic heterocycles. The topological polar surface area (TPSA) is 128 Å². The van der Waals surface area contributed by atoms with Crippen LogP contribution in [0.3, 0.4) is 0 Å². The van der Waals surface area contributed by atoms with Crippen LogP contribution >= 0.6 is 11.3 Å². The number of thiophene rings is 1. The first-order valence-electron chi connectivity index (χ1n) is 9.36. The van der Waals surface area contributed by atoms with Crippen LogP contribution in [0.5, 0.6) is 0 Å². The highest BCUT2D eigenvalue weighted by Crippen LogP contribution is 2.34. The summed E-state index contributed by atoms with van der Waals surface area (Å²) in [4.78, 5) is 48.5. The predicted molar refractivity (Wildman–Crippen MR) is 121 cm³/mol. The second-order valence-electron chi connectivity index (χ2n) is 6.83. The molecule has 3 rings (SSSR count). The minimum Gasteiger partial charge on any atom is -0.465 e. The second-order valence-corrected chi connectivity index (χ2v) is 7.85. The number of benzene rings is 2. The first-order valence-corrected chi connectivity index (χ1v) is 10.2. The van der Waals surface area contributed by atoms with E-state index in [9.17, 15) is 24.5 Å². The first-order chi connectivity index (χ1) is 15.2. The van der Waals surface area contributed by atoms with Gasteiger partial charge in [0, 0.05) is 23.4 Å². The molecule has 2 N–H and O–H groups in total. The minimum absolute atomic E-state index is 0.0340. The Bertz CT molecular complexity index is 1220. The maximum atomic E-state index is 12.8. The quantitative estimate of drug-likeness (QED) is 0.320. The van der Waals surface area contributed by atoms with Gasteiger partial charge in [0.25, 0.3) is 17.5 Å². The number of nitro benzene ring substituents is 1. The Balaban J connectivity index is 1.93. The monoisotopic (exact) mass is 453 g/mol. The first kappa shape index (κ1) is 22.6. The van der Waals surface area contributed by atoms with E-state index in [1.165, 1.54) is 25.3 Å². The lowest BCUT2D eigenvalue weighted by Gasteiger charge is -2.06. The molecule has 10 heteroatoms. The number of non-ortho nitro benzene ring substituents is 1. The van der Waals surface area contributed by atoms with Crippen LogP contribution < -0.4 is 10.6 Å². The van der Waals surface area contributed by atoms with E-state index in [0.717, 1.165) is 23.0 Å². The second kappa shape index (κ2) is 9.40. The summed E-state index contributed by atoms with van der Waals surface area (Å²) >= 11 is 0.915. The number of esters is 1. The fourth-order valence-corrected chi connectivity index (χ4v) is 4.01. The molecule has 2 amide bonds. The van der Waals surface area contributed by atoms with E-state index in [0.29, 0.717) is 11.3 Å². The van der Waals surface area contributed by atoms with Crippen LogP contribution in [0.2, 0.25) is 0 Å². The number of anilines is 2. The number of hydrogen-bond acceptors (Lipinski definition) is 7. The molecule has 2 aromatic carbocycles. The van der Waals surface area contributed by atoms with Gasteiger partial charge in [-0.3, -0.25) is 19.7 Å². The lowest BCUT2D eigenvalue weighted by molar-refractivity contribution is -0.384. The van der Waals surface area contributed by atoms with Crippen LogP contribution in [-0.4, -0.2) is 29.8 Å². The van der Waals surface area contributed by atoms with Crippen molar-refractivity contribution in [2.45, 2.75) is 13.8 Å². The lowest BCUT2D eigenvalue weighted by Crippen LogP contribution is -2.14. The van der Waals surface area contributed by atoms with E-state index in [1.54, 1.807) is 19.1 Å². The van der Waals surface area contributed by atoms with E-state index in [-0.39, 0.29) is 26.7 Å². The van der Waals surface area contributed by atoms with Crippen molar-refractivity contribution in [2.24, 2.45) is 0 Å². The molecule has 0 aliphatic carbocycles. The van der Waals surface area contributed by atoms with Gasteiger partial charge in [0.1, 0.15) is 5.00 Å². The van der Waals surface area contributed by atoms with Gasteiger partial charge < -0.3 is 15.4 Å². The van der Waals surface area contributed by atoms with Gasteiger partial charge in [0.2, 0.25) is 0 Å². The van der Waals surface area contributed by atoms with Crippen LogP contribution in [-0.2, 0) is 4.74 Å². The molecule has 0 bridgehead atoms. The van der Waals surface area contributed by atoms with Crippen LogP contribution in [0.1, 0.15) is 41.5 Å². The molecular weight excluding hydrogens is 434 g/mol. The average Bonchev–Trinajstić information content (AvgIpc) is 3.10. The molecule has 164 valence electrons. The van der Waals surface area contributed by atoms with Crippen LogP contribution in [0, 0.1) is 24.0 Å². The van der Waals surface area contributed by atoms with E-state index in [1.807, 2.05) is 19.1 Å². The molecule has 0 saturated heterocycles. The lowest BCUT2D eigenvalue weighted by atomic mass is 10.1. The average molecular weight is 453 g/mol. The molecule has 32 heavy (non-hydrogen) atoms. The summed E-state index contributed by atoms with van der Waals surface area (Å²) in [5, 5.41) is 16.4. The number of nitrogens with one attached hydrogen (secondary N) is 2. The van der Waals surface area contributed by atoms with Crippen molar-refractivity contribution < 1.29 is 24.0 Å². The minimum atomic E-state index is -0.720. The third-order valence-corrected chi connectivity index (χ3v) is 5.80. The third kappa shape index (κ3) is 4.81. The Morgan fingerprint density at radius 3 is 2.31 bits per heavy atom. The van der Waals surface area contributed by atoms with Gasteiger partial charge in [-0.05, 0) is 37.6 Å². The highest BCUT2D eigenvalue weighted by Gasteiger charge is 2.27. The van der Waals surface area contributed by atoms with Gasteiger partial charge in [-0.15, -0.1) is 11.3 Å². The van der Waals surface area contributed by atoms with Crippen molar-refractivity contribution in [2.75, 3.05) is 17.7 Å². The summed E-state index contributed by atoms with van der Waals surface area (Å²) in [6.07, 6.45) is 0. The van der Waals surface area contributed by atoms with Crippen molar-refractivity contribution in [1.29, 1.82) is 0 Å². The van der Waals surface area contributed by atoms with Gasteiger partial charge in [-0.2, -0.15) is 0 Å². The number of amides is 2. The summed E-state index contributed by atoms with van der Waals surface area (Å²) in [5.41, 5.74) is 1.80. The normalized spacial score (nSPS) is 10.3. The largest absolute Gasteiger partial charge is 0.465 e. The molecule has 3 aromatic rings. The maximum absolute atomic E-state index is 12.8. The van der Waals surface area contributed by atoms with Crippen LogP contribution in [0.4, 0.5) is 16.4 Å². The van der Waals surface area contributed by atoms with Crippen molar-refractivity contribution in [3.05, 3.63) is 85.8 Å². The summed E-state index contributed by atoms with van der Waals surface area (Å²) in [7, 11) is 1.19. The zero-order chi connectivity index (χ0) is 23.4. The molecule has 0 aliphatic rings. The molecule has 0 fully saturated rings. The number of nitro groups is 1. The Hall–Kier alpha value is -4.05. The molecule has 0 aliphatic heterocycles. The third-order valence-electron chi connectivity index (χ3n) is 4.60. The van der Waals surface area contributed by atoms with Crippen molar-refractivity contribution in [1.82, 2.24) is 0 Å². The van der Waals surface area contributed by atoms with Gasteiger partial charge in [0.05, 0.1) is 22.5 Å². The number of nitrogens with zero attached hydrogens (tertiary/aromatic N) is 1. The summed E-state index contributed by atoms with van der Waals surface area (Å²) in [6.45, 7) is 3.50. The molecule has 0 unspecified atom stereocenters. The molecule has 9 nitrogen and oxygen atoms in total. The SMILES string of the molecule is COC(=O)c1c(NC(=O)c2cccc([N+](=O)[O-])c2)sc(C(=O)Nc2ccc(C)cc2)c1C. The summed E-state index contributed by atoms with van der Waals surface area (Å²) in [6, 6.07) is 12.4. The van der Waals surface area contributed by atoms with Gasteiger partial charge in [-0.25, -0.2) is 4.79 Å². The highest BCUT2D eigenvalue weighted by atomic mass is 32.1.